The molecule has 0 unspecified atom stereocenters. The number of nitrogens with zero attached hydrogens (tertiary/aromatic N) is 3. The van der Waals surface area contributed by atoms with Gasteiger partial charge in [-0.15, -0.1) is 0 Å². The van der Waals surface area contributed by atoms with Crippen LogP contribution in [0.4, 0.5) is 0 Å². The van der Waals surface area contributed by atoms with Gasteiger partial charge in [-0.2, -0.15) is 0 Å². The number of nitrogens with one attached hydrogen (secondary N) is 5. The van der Waals surface area contributed by atoms with Crippen molar-refractivity contribution in [2.24, 2.45) is 11.7 Å². The molecule has 7 rings (SSSR count). The van der Waals surface area contributed by atoms with Gasteiger partial charge < -0.3 is 101 Å². The average molecular weight is 1280 g/mol. The Kier molecular flexibility index (Phi) is 24.6. The number of nitrogens with two attached hydrogens (primary N) is 1. The summed E-state index contributed by atoms with van der Waals surface area (Å²) < 4.78 is 50.0. The number of aromatic nitrogens is 1. The van der Waals surface area contributed by atoms with Crippen molar-refractivity contribution in [1.29, 1.82) is 0 Å². The summed E-state index contributed by atoms with van der Waals surface area (Å²) in [6.07, 6.45) is -14.4. The predicted octanol–water partition coefficient (Wildman–Crippen LogP) is -6.21. The number of carbonyl (C=O) groups excluding carboxylic acids is 8. The van der Waals surface area contributed by atoms with E-state index in [4.69, 9.17) is 15.0 Å². The van der Waals surface area contributed by atoms with E-state index < -0.39 is 199 Å². The van der Waals surface area contributed by atoms with Crippen molar-refractivity contribution >= 4 is 57.7 Å². The zero-order valence-electron chi connectivity index (χ0n) is 48.7. The number of amides is 8. The van der Waals surface area contributed by atoms with E-state index in [1.807, 2.05) is 12.1 Å². The number of phenolic OH excluding ortho intramolecular Hbond substituents is 1. The molecule has 8 amide bonds. The van der Waals surface area contributed by atoms with Crippen LogP contribution in [0.2, 0.25) is 0 Å². The number of aromatic hydroxyl groups is 1. The van der Waals surface area contributed by atoms with Gasteiger partial charge in [-0.05, 0) is 80.3 Å². The summed E-state index contributed by atoms with van der Waals surface area (Å²) in [5.74, 6) is -12.2. The van der Waals surface area contributed by atoms with Gasteiger partial charge in [0.1, 0.15) is 66.1 Å². The molecule has 3 aliphatic rings. The number of ether oxygens (including phenoxy) is 1. The number of hydrogen-bond acceptors (Lipinski definition) is 23. The molecule has 0 saturated carbocycles. The number of unbranched alkanes of at least 4 members (excludes halogenated alkanes) is 2. The van der Waals surface area contributed by atoms with Gasteiger partial charge in [0, 0.05) is 48.2 Å². The van der Waals surface area contributed by atoms with Crippen molar-refractivity contribution in [2.75, 3.05) is 19.7 Å². The molecule has 31 nitrogen and oxygen atoms in total. The summed E-state index contributed by atoms with van der Waals surface area (Å²) in [6.45, 7) is 3.94. The van der Waals surface area contributed by atoms with E-state index in [1.54, 1.807) is 18.2 Å². The summed E-state index contributed by atoms with van der Waals surface area (Å²) >= 11 is 0. The molecule has 14 atom stereocenters. The van der Waals surface area contributed by atoms with Crippen molar-refractivity contribution in [3.63, 3.8) is 0 Å². The molecule has 33 heteroatoms. The first-order chi connectivity index (χ1) is 41.5. The SMILES string of the molecule is CCCCCOc1ccc(-c2cc(-c3ccc(C(=O)N[C@H]4CC[C@@H](O)NC(=O)[C@@H]5[C@@H](O)[C@@H](C)CN5C(=O)[C@H]([C@H](O)CC(N)=O)NC(=O)[C@H]([C@H](O)[C@@H](O)c5ccc(O)c(OS(=O)(=O)[O-])c5)NC(=O)[C@@H]5C[C@@H](O)CN5C(=O)[C@H]([C@@H](C)O)NC4=O)cc3)no2)cc1.[Na+]. The molecule has 3 aliphatic heterocycles. The van der Waals surface area contributed by atoms with E-state index in [0.717, 1.165) is 32.3 Å². The van der Waals surface area contributed by atoms with E-state index >= 15 is 0 Å². The maximum Gasteiger partial charge on any atom is 1.00 e. The van der Waals surface area contributed by atoms with Crippen molar-refractivity contribution < 1.29 is 135 Å². The maximum atomic E-state index is 14.7. The summed E-state index contributed by atoms with van der Waals surface area (Å²) in [7, 11) is -5.59. The molecule has 3 aromatic carbocycles. The maximum absolute atomic E-state index is 14.7. The first-order valence-electron chi connectivity index (χ1n) is 28.0. The molecule has 4 heterocycles. The molecule has 4 aromatic rings. The number of fused-ring (bicyclic) bond motifs is 2. The number of aliphatic hydroxyl groups excluding tert-OH is 7. The van der Waals surface area contributed by atoms with Gasteiger partial charge in [-0.1, -0.05) is 50.0 Å². The summed E-state index contributed by atoms with van der Waals surface area (Å²) in [5, 5.41) is 105. The van der Waals surface area contributed by atoms with Crippen LogP contribution in [-0.2, 0) is 44.0 Å². The molecule has 15 N–H and O–H groups in total. The molecule has 0 radical (unpaired) electrons. The van der Waals surface area contributed by atoms with Crippen LogP contribution >= 0.6 is 0 Å². The molecule has 3 fully saturated rings. The van der Waals surface area contributed by atoms with Crippen LogP contribution in [0.15, 0.2) is 77.3 Å². The normalized spacial score (nSPS) is 25.5. The second kappa shape index (κ2) is 30.9. The molecule has 1 aromatic heterocycles. The quantitative estimate of drug-likeness (QED) is 0.0191. The molecular formula is C56H70N9NaO22S. The number of phenols is 1. The Morgan fingerprint density at radius 1 is 0.809 bits per heavy atom. The first kappa shape index (κ1) is 70.7. The van der Waals surface area contributed by atoms with E-state index in [9.17, 15) is 92.2 Å². The average Bonchev–Trinajstić information content (AvgIpc) is 2.43. The van der Waals surface area contributed by atoms with Crippen LogP contribution in [0.5, 0.6) is 17.2 Å². The largest absolute Gasteiger partial charge is 1.00 e. The Bertz CT molecular complexity index is 3300. The molecule has 0 spiro atoms. The van der Waals surface area contributed by atoms with Crippen LogP contribution in [0.25, 0.3) is 22.6 Å². The van der Waals surface area contributed by atoms with Crippen molar-refractivity contribution in [3.8, 4) is 39.8 Å². The third-order valence-electron chi connectivity index (χ3n) is 15.1. The fourth-order valence-electron chi connectivity index (χ4n) is 10.3. The van der Waals surface area contributed by atoms with Gasteiger partial charge in [-0.3, -0.25) is 38.4 Å². The van der Waals surface area contributed by atoms with E-state index in [1.165, 1.54) is 31.2 Å². The number of rotatable bonds is 18. The Labute approximate surface area is 531 Å². The Hall–Kier alpha value is -7.34. The van der Waals surface area contributed by atoms with Crippen LogP contribution in [-0.4, -0.2) is 209 Å². The molecule has 0 bridgehead atoms. The Morgan fingerprint density at radius 2 is 1.45 bits per heavy atom. The third kappa shape index (κ3) is 18.0. The van der Waals surface area contributed by atoms with E-state index in [2.05, 4.69) is 42.8 Å². The molecular weight excluding hydrogens is 1210 g/mol. The van der Waals surface area contributed by atoms with Crippen LogP contribution in [0.3, 0.4) is 0 Å². The van der Waals surface area contributed by atoms with E-state index in [0.29, 0.717) is 56.9 Å². The van der Waals surface area contributed by atoms with Crippen LogP contribution in [0.1, 0.15) is 87.7 Å². The second-order valence-electron chi connectivity index (χ2n) is 21.8. The summed E-state index contributed by atoms with van der Waals surface area (Å²) in [6, 6.07) is 4.34. The summed E-state index contributed by atoms with van der Waals surface area (Å²) in [4.78, 5) is 114. The standard InChI is InChI=1S/C56H71N9O22S.Na/c1-4-5-6-19-85-33-14-11-29(12-15-33)39-22-35(63-86-39)28-7-9-30(10-8-28)50(75)58-34-16-18-42(71)59-54(79)46-47(72)26(2)24-65(46)56(81)44(38(69)23-41(57)70)61-53(78)45(49(74)48(73)31-13-17-37(68)40(20-31)87-88(82,83)84)62-52(77)36-21-32(67)25-64(36)55(80)43(27(3)66)60-51(34)76;/h7-15,17,20,22,26-27,32,34,36,38,42-49,66-69,71-74H,4-6,16,18-19,21,23-25H2,1-3H3,(H2,57,70)(H,58,75)(H,59,79)(H,60,76)(H,61,78)(H,62,77)(H,82,83,84);/q;+1/p-1/t26-,27+,32+,34-,36-,38+,42+,43-,44-,45-,46-,47-,48-,49-;/m0./s1. The molecule has 89 heavy (non-hydrogen) atoms. The first-order valence-corrected chi connectivity index (χ1v) is 29.4. The monoisotopic (exact) mass is 1280 g/mol. The number of primary amides is 1. The van der Waals surface area contributed by atoms with Gasteiger partial charge in [0.15, 0.2) is 17.3 Å². The molecule has 478 valence electrons. The van der Waals surface area contributed by atoms with Gasteiger partial charge in [-0.25, -0.2) is 8.42 Å². The van der Waals surface area contributed by atoms with Gasteiger partial charge in [0.05, 0.1) is 37.4 Å². The Balaban J connectivity index is 0.0000126. The fourth-order valence-corrected chi connectivity index (χ4v) is 10.7. The number of carbonyl (C=O) groups is 8. The fraction of sp³-hybridized carbons (Fsp3) is 0.482. The zero-order valence-corrected chi connectivity index (χ0v) is 51.5. The zero-order chi connectivity index (χ0) is 64.5. The van der Waals surface area contributed by atoms with Crippen molar-refractivity contribution in [3.05, 3.63) is 83.9 Å². The number of benzene rings is 3. The van der Waals surface area contributed by atoms with Crippen molar-refractivity contribution in [2.45, 2.75) is 145 Å². The molecule has 3 saturated heterocycles. The minimum Gasteiger partial charge on any atom is -0.716 e. The summed E-state index contributed by atoms with van der Waals surface area (Å²) in [5.41, 5.74) is 6.34. The Morgan fingerprint density at radius 3 is 2.09 bits per heavy atom. The minimum absolute atomic E-state index is 0. The predicted molar refractivity (Wildman–Crippen MR) is 301 cm³/mol. The number of hydrogen-bond donors (Lipinski definition) is 14. The van der Waals surface area contributed by atoms with Crippen LogP contribution in [0, 0.1) is 5.92 Å². The van der Waals surface area contributed by atoms with Gasteiger partial charge in [0.25, 0.3) is 16.3 Å². The topological polar surface area (TPSA) is 493 Å². The second-order valence-corrected chi connectivity index (χ2v) is 22.7. The smallest absolute Gasteiger partial charge is 0.716 e. The van der Waals surface area contributed by atoms with Gasteiger partial charge >= 0.3 is 29.6 Å². The van der Waals surface area contributed by atoms with Crippen LogP contribution < -0.4 is 70.8 Å². The number of aliphatic hydroxyl groups is 7. The minimum atomic E-state index is -5.59. The van der Waals surface area contributed by atoms with E-state index in [-0.39, 0.29) is 35.1 Å². The van der Waals surface area contributed by atoms with Crippen molar-refractivity contribution in [1.82, 2.24) is 41.5 Å². The van der Waals surface area contributed by atoms with Gasteiger partial charge in [0.2, 0.25) is 41.4 Å². The third-order valence-corrected chi connectivity index (χ3v) is 15.5. The molecule has 0 aliphatic carbocycles.